The Balaban J connectivity index is 2.67. The summed E-state index contributed by atoms with van der Waals surface area (Å²) in [6.07, 6.45) is 23.1. The summed E-state index contributed by atoms with van der Waals surface area (Å²) < 4.78 is 49.2. The van der Waals surface area contributed by atoms with E-state index in [-0.39, 0.29) is 12.8 Å². The highest BCUT2D eigenvalue weighted by Gasteiger charge is 2.54. The van der Waals surface area contributed by atoms with Gasteiger partial charge in [0.05, 0.1) is 12.7 Å². The van der Waals surface area contributed by atoms with Crippen molar-refractivity contribution in [3.8, 4) is 0 Å². The normalized spacial score (nSPS) is 23.0. The molecule has 0 aliphatic heterocycles. The third kappa shape index (κ3) is 29.8. The lowest BCUT2D eigenvalue weighted by atomic mass is 9.85. The minimum atomic E-state index is -5.38. The molecular formula is C45H76O17P2. The van der Waals surface area contributed by atoms with Crippen LogP contribution in [0.1, 0.15) is 136 Å². The number of carbonyl (C=O) groups is 2. The molecule has 0 heterocycles. The molecule has 368 valence electrons. The largest absolute Gasteiger partial charge is 0.472 e. The molecule has 1 saturated carbocycles. The molecule has 0 aromatic rings. The fourth-order valence-electron chi connectivity index (χ4n) is 6.40. The highest BCUT2D eigenvalue weighted by molar-refractivity contribution is 7.47. The second-order valence-electron chi connectivity index (χ2n) is 15.6. The summed E-state index contributed by atoms with van der Waals surface area (Å²) in [7, 11) is -10.7. The maximum absolute atomic E-state index is 13.0. The van der Waals surface area contributed by atoms with Crippen LogP contribution in [-0.2, 0) is 41.8 Å². The number of phosphoric ester groups is 2. The van der Waals surface area contributed by atoms with E-state index in [0.29, 0.717) is 19.3 Å². The Hall–Kier alpha value is -2.60. The molecule has 17 nitrogen and oxygen atoms in total. The molecule has 19 heteroatoms. The van der Waals surface area contributed by atoms with Crippen molar-refractivity contribution in [2.24, 2.45) is 0 Å². The van der Waals surface area contributed by atoms with E-state index < -0.39 is 89.6 Å². The average Bonchev–Trinajstić information content (AvgIpc) is 3.24. The predicted molar refractivity (Wildman–Crippen MR) is 242 cm³/mol. The molecule has 1 rings (SSSR count). The van der Waals surface area contributed by atoms with Gasteiger partial charge in [0.25, 0.3) is 0 Å². The fourth-order valence-corrected chi connectivity index (χ4v) is 7.94. The zero-order chi connectivity index (χ0) is 47.6. The summed E-state index contributed by atoms with van der Waals surface area (Å²) in [6, 6.07) is 0. The zero-order valence-electron chi connectivity index (χ0n) is 37.5. The van der Waals surface area contributed by atoms with Crippen LogP contribution in [0, 0.1) is 0 Å². The van der Waals surface area contributed by atoms with E-state index in [1.54, 1.807) is 6.08 Å². The van der Waals surface area contributed by atoms with Gasteiger partial charge in [0.2, 0.25) is 0 Å². The lowest BCUT2D eigenvalue weighted by molar-refractivity contribution is -0.216. The summed E-state index contributed by atoms with van der Waals surface area (Å²) in [5, 5.41) is 51.3. The van der Waals surface area contributed by atoms with Gasteiger partial charge in [-0.15, -0.1) is 0 Å². The van der Waals surface area contributed by atoms with Crippen molar-refractivity contribution in [3.63, 3.8) is 0 Å². The molecule has 0 bridgehead atoms. The van der Waals surface area contributed by atoms with Gasteiger partial charge in [-0.25, -0.2) is 9.13 Å². The molecule has 6 unspecified atom stereocenters. The molecule has 8 N–H and O–H groups in total. The van der Waals surface area contributed by atoms with Gasteiger partial charge in [0, 0.05) is 12.8 Å². The van der Waals surface area contributed by atoms with E-state index in [0.717, 1.165) is 89.9 Å². The van der Waals surface area contributed by atoms with Crippen LogP contribution >= 0.6 is 15.6 Å². The Bertz CT molecular complexity index is 1540. The van der Waals surface area contributed by atoms with Crippen LogP contribution in [0.15, 0.2) is 72.9 Å². The van der Waals surface area contributed by atoms with Gasteiger partial charge < -0.3 is 49.7 Å². The van der Waals surface area contributed by atoms with Crippen molar-refractivity contribution in [1.82, 2.24) is 0 Å². The van der Waals surface area contributed by atoms with Crippen LogP contribution in [0.5, 0.6) is 0 Å². The molecule has 9 atom stereocenters. The highest BCUT2D eigenvalue weighted by atomic mass is 31.2. The van der Waals surface area contributed by atoms with Gasteiger partial charge in [0.15, 0.2) is 6.10 Å². The number of carbonyl (C=O) groups excluding carboxylic acids is 2. The fraction of sp³-hybridized carbons (Fsp3) is 0.689. The molecule has 64 heavy (non-hydrogen) atoms. The Morgan fingerprint density at radius 3 is 1.70 bits per heavy atom. The van der Waals surface area contributed by atoms with Crippen molar-refractivity contribution < 1.29 is 82.0 Å². The monoisotopic (exact) mass is 950 g/mol. The van der Waals surface area contributed by atoms with Crippen molar-refractivity contribution >= 4 is 27.6 Å². The quantitative estimate of drug-likeness (QED) is 0.0103. The minimum Gasteiger partial charge on any atom is -0.462 e. The van der Waals surface area contributed by atoms with Gasteiger partial charge in [-0.05, 0) is 64.2 Å². The minimum absolute atomic E-state index is 0.000349. The summed E-state index contributed by atoms with van der Waals surface area (Å²) in [5.74, 6) is -1.31. The maximum atomic E-state index is 13.0. The lowest BCUT2D eigenvalue weighted by Gasteiger charge is -2.43. The number of phosphoric acid groups is 2. The van der Waals surface area contributed by atoms with E-state index in [4.69, 9.17) is 28.3 Å². The SMILES string of the molecule is CC/C=C\C/C=C\C/C=C\CCCCCCCC(=O)O[C@H](COC(=O)CCCCCCCC(O)/C=C/C=C/C/C=C/CC)COP(=O)(O)O[C@H]1C(O)C(O)C(O)[C@@H](OP(=O)(O)O)C1O. The standard InChI is InChI=1S/C45H76O17P2/c1-3-5-7-9-11-12-13-14-15-16-17-18-20-24-29-33-39(48)60-37(34-58-38(47)32-28-25-21-23-27-31-36(46)30-26-22-19-10-8-6-4-2)35-59-64(56,57)62-45-42(51)40(49)41(50)44(43(45)52)61-63(53,54)55/h5-8,11-12,14-15,19,22,26,30,36-37,40-46,49-52H,3-4,9-10,13,16-18,20-21,23-25,27-29,31-35H2,1-2H3,(H,56,57)(H2,53,54,55)/b7-5-,8-6+,12-11-,15-14-,22-19+,30-26+/t36?,37-,40?,41?,42?,43?,44-,45+/m1/s1. The molecule has 0 radical (unpaired) electrons. The predicted octanol–water partition coefficient (Wildman–Crippen LogP) is 7.03. The number of unbranched alkanes of at least 4 members (excludes halogenated alkanes) is 9. The van der Waals surface area contributed by atoms with E-state index in [1.807, 2.05) is 18.2 Å². The first-order chi connectivity index (χ1) is 30.5. The van der Waals surface area contributed by atoms with Crippen LogP contribution < -0.4 is 0 Å². The second kappa shape index (κ2) is 35.6. The third-order valence-corrected chi connectivity index (χ3v) is 11.4. The number of hydrogen-bond donors (Lipinski definition) is 8. The van der Waals surface area contributed by atoms with Crippen LogP contribution in [0.2, 0.25) is 0 Å². The van der Waals surface area contributed by atoms with Crippen molar-refractivity contribution in [2.45, 2.75) is 185 Å². The second-order valence-corrected chi connectivity index (χ2v) is 18.2. The first-order valence-corrected chi connectivity index (χ1v) is 25.6. The summed E-state index contributed by atoms with van der Waals surface area (Å²) in [4.78, 5) is 54.2. The molecular weight excluding hydrogens is 874 g/mol. The van der Waals surface area contributed by atoms with Crippen molar-refractivity contribution in [2.75, 3.05) is 13.2 Å². The smallest absolute Gasteiger partial charge is 0.462 e. The molecule has 0 aromatic heterocycles. The first-order valence-electron chi connectivity index (χ1n) is 22.6. The topological polar surface area (TPSA) is 276 Å². The molecule has 1 aliphatic rings. The molecule has 0 amide bonds. The molecule has 1 aliphatic carbocycles. The number of aliphatic hydroxyl groups is 5. The number of aliphatic hydroxyl groups excluding tert-OH is 5. The van der Waals surface area contributed by atoms with Crippen molar-refractivity contribution in [3.05, 3.63) is 72.9 Å². The van der Waals surface area contributed by atoms with Gasteiger partial charge in [-0.3, -0.25) is 23.2 Å². The number of esters is 2. The van der Waals surface area contributed by atoms with E-state index >= 15 is 0 Å². The number of rotatable bonds is 36. The van der Waals surface area contributed by atoms with Crippen molar-refractivity contribution in [1.29, 1.82) is 0 Å². The number of allylic oxidation sites excluding steroid dienone is 11. The third-order valence-electron chi connectivity index (χ3n) is 9.88. The van der Waals surface area contributed by atoms with E-state index in [1.165, 1.54) is 0 Å². The van der Waals surface area contributed by atoms with E-state index in [9.17, 15) is 49.1 Å². The summed E-state index contributed by atoms with van der Waals surface area (Å²) >= 11 is 0. The maximum Gasteiger partial charge on any atom is 0.472 e. The Morgan fingerprint density at radius 1 is 0.578 bits per heavy atom. The Kier molecular flexibility index (Phi) is 33.0. The first kappa shape index (κ1) is 59.4. The van der Waals surface area contributed by atoms with Gasteiger partial charge in [0.1, 0.15) is 43.2 Å². The Labute approximate surface area is 379 Å². The number of hydrogen-bond acceptors (Lipinski definition) is 14. The summed E-state index contributed by atoms with van der Waals surface area (Å²) in [5.41, 5.74) is 0. The summed E-state index contributed by atoms with van der Waals surface area (Å²) in [6.45, 7) is 2.75. The number of ether oxygens (including phenoxy) is 2. The van der Waals surface area contributed by atoms with Crippen LogP contribution in [0.25, 0.3) is 0 Å². The van der Waals surface area contributed by atoms with Crippen LogP contribution in [-0.4, -0.2) is 114 Å². The molecule has 0 spiro atoms. The van der Waals surface area contributed by atoms with Crippen LogP contribution in [0.4, 0.5) is 0 Å². The van der Waals surface area contributed by atoms with Gasteiger partial charge in [-0.1, -0.05) is 132 Å². The molecule has 0 saturated heterocycles. The van der Waals surface area contributed by atoms with Gasteiger partial charge in [-0.2, -0.15) is 0 Å². The zero-order valence-corrected chi connectivity index (χ0v) is 39.3. The van der Waals surface area contributed by atoms with E-state index in [2.05, 4.69) is 67.0 Å². The molecule has 0 aromatic carbocycles. The van der Waals surface area contributed by atoms with Crippen LogP contribution in [0.3, 0.4) is 0 Å². The average molecular weight is 951 g/mol. The highest BCUT2D eigenvalue weighted by Crippen LogP contribution is 2.49. The molecule has 1 fully saturated rings. The Morgan fingerprint density at radius 2 is 1.09 bits per heavy atom. The van der Waals surface area contributed by atoms with Gasteiger partial charge >= 0.3 is 27.6 Å². The lowest BCUT2D eigenvalue weighted by Crippen LogP contribution is -2.64.